The van der Waals surface area contributed by atoms with E-state index in [0.29, 0.717) is 17.9 Å². The fourth-order valence-corrected chi connectivity index (χ4v) is 2.72. The van der Waals surface area contributed by atoms with Crippen LogP contribution < -0.4 is 15.8 Å². The number of primary amides is 1. The first-order chi connectivity index (χ1) is 11.3. The fraction of sp³-hybridized carbons (Fsp3) is 0.235. The molecule has 6 nitrogen and oxygen atoms in total. The molecule has 1 atom stereocenters. The van der Waals surface area contributed by atoms with Gasteiger partial charge in [0.25, 0.3) is 0 Å². The van der Waals surface area contributed by atoms with Crippen LogP contribution in [-0.2, 0) is 14.6 Å². The molecule has 0 aliphatic rings. The minimum absolute atomic E-state index is 0.242. The van der Waals surface area contributed by atoms with Crippen molar-refractivity contribution in [3.05, 3.63) is 48.5 Å². The normalized spacial score (nSPS) is 12.4. The summed E-state index contributed by atoms with van der Waals surface area (Å²) in [7, 11) is -3.22. The largest absolute Gasteiger partial charge is 0.457 e. The van der Waals surface area contributed by atoms with Crippen LogP contribution in [0.2, 0.25) is 0 Å². The molecule has 0 saturated carbocycles. The van der Waals surface area contributed by atoms with Gasteiger partial charge in [-0.05, 0) is 55.0 Å². The quantitative estimate of drug-likeness (QED) is 0.801. The average molecular weight is 348 g/mol. The maximum Gasteiger partial charge on any atom is 0.239 e. The van der Waals surface area contributed by atoms with Crippen molar-refractivity contribution in [1.29, 1.82) is 0 Å². The first-order valence-electron chi connectivity index (χ1n) is 7.43. The average Bonchev–Trinajstić information content (AvgIpc) is 2.53. The Kier molecular flexibility index (Phi) is 5.46. The Bertz CT molecular complexity index is 799. The fourth-order valence-electron chi connectivity index (χ4n) is 2.09. The monoisotopic (exact) mass is 348 g/mol. The lowest BCUT2D eigenvalue weighted by molar-refractivity contribution is -0.118. The number of nitrogens with two attached hydrogens (primary N) is 1. The third-order valence-electron chi connectivity index (χ3n) is 3.43. The molecule has 0 spiro atoms. The molecule has 0 fully saturated rings. The van der Waals surface area contributed by atoms with E-state index >= 15 is 0 Å². The van der Waals surface area contributed by atoms with Crippen molar-refractivity contribution in [3.63, 3.8) is 0 Å². The molecule has 0 saturated heterocycles. The van der Waals surface area contributed by atoms with Gasteiger partial charge in [-0.1, -0.05) is 6.92 Å². The van der Waals surface area contributed by atoms with Gasteiger partial charge < -0.3 is 15.8 Å². The molecular formula is C17H20N2O4S. The highest BCUT2D eigenvalue weighted by Gasteiger charge is 2.12. The summed E-state index contributed by atoms with van der Waals surface area (Å²) < 4.78 is 28.5. The molecule has 2 aromatic carbocycles. The van der Waals surface area contributed by atoms with Gasteiger partial charge in [0.15, 0.2) is 9.84 Å². The minimum Gasteiger partial charge on any atom is -0.457 e. The molecule has 0 heterocycles. The predicted octanol–water partition coefficient (Wildman–Crippen LogP) is 2.56. The van der Waals surface area contributed by atoms with Gasteiger partial charge >= 0.3 is 0 Å². The van der Waals surface area contributed by atoms with Crippen molar-refractivity contribution in [2.75, 3.05) is 11.6 Å². The van der Waals surface area contributed by atoms with E-state index in [4.69, 9.17) is 10.5 Å². The van der Waals surface area contributed by atoms with Gasteiger partial charge in [-0.15, -0.1) is 0 Å². The molecule has 24 heavy (non-hydrogen) atoms. The van der Waals surface area contributed by atoms with Crippen molar-refractivity contribution < 1.29 is 17.9 Å². The number of amides is 1. The Morgan fingerprint density at radius 1 is 1.08 bits per heavy atom. The van der Waals surface area contributed by atoms with Crippen LogP contribution in [0.15, 0.2) is 53.4 Å². The van der Waals surface area contributed by atoms with Crippen LogP contribution in [-0.4, -0.2) is 26.6 Å². The molecule has 3 N–H and O–H groups in total. The van der Waals surface area contributed by atoms with E-state index in [1.54, 1.807) is 36.4 Å². The van der Waals surface area contributed by atoms with Gasteiger partial charge in [0.1, 0.15) is 17.5 Å². The minimum atomic E-state index is -3.22. The molecule has 0 aliphatic heterocycles. The second-order valence-corrected chi connectivity index (χ2v) is 7.39. The summed E-state index contributed by atoms with van der Waals surface area (Å²) in [5.74, 6) is 0.732. The highest BCUT2D eigenvalue weighted by Crippen LogP contribution is 2.24. The Hall–Kier alpha value is -2.54. The molecule has 0 aliphatic carbocycles. The third kappa shape index (κ3) is 4.73. The standard InChI is InChI=1S/C17H20N2O4S/c1-3-16(17(18)20)19-12-4-6-13(7-5-12)23-14-8-10-15(11-9-14)24(2,21)22/h4-11,16,19H,3H2,1-2H3,(H2,18,20)/t16-/m0/s1. The van der Waals surface area contributed by atoms with Crippen molar-refractivity contribution in [1.82, 2.24) is 0 Å². The van der Waals surface area contributed by atoms with Crippen LogP contribution in [0.4, 0.5) is 5.69 Å². The number of anilines is 1. The molecule has 2 aromatic rings. The van der Waals surface area contributed by atoms with Gasteiger partial charge in [-0.25, -0.2) is 8.42 Å². The highest BCUT2D eigenvalue weighted by molar-refractivity contribution is 7.90. The van der Waals surface area contributed by atoms with Crippen molar-refractivity contribution in [2.45, 2.75) is 24.3 Å². The maximum absolute atomic E-state index is 11.4. The lowest BCUT2D eigenvalue weighted by Gasteiger charge is -2.15. The third-order valence-corrected chi connectivity index (χ3v) is 4.56. The van der Waals surface area contributed by atoms with E-state index in [1.807, 2.05) is 6.92 Å². The van der Waals surface area contributed by atoms with Gasteiger partial charge in [-0.2, -0.15) is 0 Å². The van der Waals surface area contributed by atoms with Crippen molar-refractivity contribution in [3.8, 4) is 11.5 Å². The maximum atomic E-state index is 11.4. The second-order valence-electron chi connectivity index (χ2n) is 5.38. The Balaban J connectivity index is 2.05. The SMILES string of the molecule is CC[C@H](Nc1ccc(Oc2ccc(S(C)(=O)=O)cc2)cc1)C(N)=O. The van der Waals surface area contributed by atoms with E-state index < -0.39 is 21.8 Å². The van der Waals surface area contributed by atoms with Gasteiger partial charge in [0.05, 0.1) is 4.90 Å². The molecule has 0 aromatic heterocycles. The second kappa shape index (κ2) is 7.35. The first-order valence-corrected chi connectivity index (χ1v) is 9.32. The van der Waals surface area contributed by atoms with E-state index in [1.165, 1.54) is 12.1 Å². The Labute approximate surface area is 141 Å². The molecule has 0 unspecified atom stereocenters. The molecule has 0 radical (unpaired) electrons. The summed E-state index contributed by atoms with van der Waals surface area (Å²) in [6.45, 7) is 1.88. The number of sulfone groups is 1. The predicted molar refractivity (Wildman–Crippen MR) is 93.0 cm³/mol. The zero-order valence-electron chi connectivity index (χ0n) is 13.5. The van der Waals surface area contributed by atoms with Crippen LogP contribution in [0.5, 0.6) is 11.5 Å². The summed E-state index contributed by atoms with van der Waals surface area (Å²) >= 11 is 0. The van der Waals surface area contributed by atoms with Crippen LogP contribution in [0.1, 0.15) is 13.3 Å². The summed E-state index contributed by atoms with van der Waals surface area (Å²) in [6.07, 6.45) is 1.75. The highest BCUT2D eigenvalue weighted by atomic mass is 32.2. The van der Waals surface area contributed by atoms with Gasteiger partial charge in [0, 0.05) is 11.9 Å². The van der Waals surface area contributed by atoms with Gasteiger partial charge in [0.2, 0.25) is 5.91 Å². The number of rotatable bonds is 7. The van der Waals surface area contributed by atoms with Crippen LogP contribution >= 0.6 is 0 Å². The molecule has 0 bridgehead atoms. The zero-order valence-corrected chi connectivity index (χ0v) is 14.3. The number of ether oxygens (including phenoxy) is 1. The molecular weight excluding hydrogens is 328 g/mol. The molecule has 128 valence electrons. The lowest BCUT2D eigenvalue weighted by atomic mass is 10.2. The lowest BCUT2D eigenvalue weighted by Crippen LogP contribution is -2.34. The smallest absolute Gasteiger partial charge is 0.239 e. The number of nitrogens with one attached hydrogen (secondary N) is 1. The number of hydrogen-bond acceptors (Lipinski definition) is 5. The summed E-state index contributed by atoms with van der Waals surface area (Å²) in [5.41, 5.74) is 6.07. The molecule has 1 amide bonds. The Morgan fingerprint density at radius 3 is 2.00 bits per heavy atom. The molecule has 2 rings (SSSR count). The van der Waals surface area contributed by atoms with E-state index in [-0.39, 0.29) is 4.90 Å². The summed E-state index contributed by atoms with van der Waals surface area (Å²) in [6, 6.07) is 12.9. The van der Waals surface area contributed by atoms with E-state index in [2.05, 4.69) is 5.32 Å². The number of benzene rings is 2. The van der Waals surface area contributed by atoms with E-state index in [0.717, 1.165) is 11.9 Å². The number of carbonyl (C=O) groups excluding carboxylic acids is 1. The zero-order chi connectivity index (χ0) is 17.7. The topological polar surface area (TPSA) is 98.5 Å². The van der Waals surface area contributed by atoms with Crippen LogP contribution in [0, 0.1) is 0 Å². The van der Waals surface area contributed by atoms with E-state index in [9.17, 15) is 13.2 Å². The first kappa shape index (κ1) is 17.8. The number of carbonyl (C=O) groups is 1. The van der Waals surface area contributed by atoms with Crippen molar-refractivity contribution >= 4 is 21.4 Å². The van der Waals surface area contributed by atoms with Gasteiger partial charge in [-0.3, -0.25) is 4.79 Å². The summed E-state index contributed by atoms with van der Waals surface area (Å²) in [4.78, 5) is 11.5. The number of hydrogen-bond donors (Lipinski definition) is 2. The Morgan fingerprint density at radius 2 is 1.58 bits per heavy atom. The molecule has 7 heteroatoms. The van der Waals surface area contributed by atoms with Crippen LogP contribution in [0.25, 0.3) is 0 Å². The summed E-state index contributed by atoms with van der Waals surface area (Å²) in [5, 5.41) is 3.05. The van der Waals surface area contributed by atoms with Crippen LogP contribution in [0.3, 0.4) is 0 Å². The van der Waals surface area contributed by atoms with Crippen molar-refractivity contribution in [2.24, 2.45) is 5.73 Å².